The molecule has 2 heterocycles. The highest BCUT2D eigenvalue weighted by Gasteiger charge is 2.17. The Hall–Kier alpha value is -1.69. The molecule has 0 aliphatic rings. The zero-order chi connectivity index (χ0) is 14.1. The molecule has 5 heteroatoms. The summed E-state index contributed by atoms with van der Waals surface area (Å²) in [7, 11) is 2.05. The molecule has 3 N–H and O–H groups in total. The molecule has 0 saturated carbocycles. The standard InChI is InChI=1S/C15H18N4S/c1-10-8-20-9-11(10)13(18-16)7-15-17-12-5-3-4-6-14(12)19(15)2/h3-6,8-9,13,18H,7,16H2,1-2H3. The van der Waals surface area contributed by atoms with Crippen LogP contribution < -0.4 is 11.3 Å². The van der Waals surface area contributed by atoms with E-state index in [1.807, 2.05) is 18.2 Å². The summed E-state index contributed by atoms with van der Waals surface area (Å²) >= 11 is 1.71. The number of hydrazine groups is 1. The van der Waals surface area contributed by atoms with Crippen molar-refractivity contribution >= 4 is 22.4 Å². The lowest BCUT2D eigenvalue weighted by Crippen LogP contribution is -2.30. The third kappa shape index (κ3) is 2.24. The van der Waals surface area contributed by atoms with Crippen LogP contribution in [0.25, 0.3) is 11.0 Å². The molecule has 2 aromatic heterocycles. The number of benzene rings is 1. The molecule has 0 aliphatic carbocycles. The highest BCUT2D eigenvalue weighted by atomic mass is 32.1. The zero-order valence-corrected chi connectivity index (χ0v) is 12.4. The van der Waals surface area contributed by atoms with Crippen LogP contribution in [0.5, 0.6) is 0 Å². The Balaban J connectivity index is 1.95. The van der Waals surface area contributed by atoms with Gasteiger partial charge >= 0.3 is 0 Å². The predicted octanol–water partition coefficient (Wildman–Crippen LogP) is 2.69. The van der Waals surface area contributed by atoms with E-state index in [0.29, 0.717) is 0 Å². The molecule has 3 aromatic rings. The van der Waals surface area contributed by atoms with Crippen molar-refractivity contribution in [2.75, 3.05) is 0 Å². The van der Waals surface area contributed by atoms with E-state index < -0.39 is 0 Å². The van der Waals surface area contributed by atoms with Crippen molar-refractivity contribution < 1.29 is 0 Å². The largest absolute Gasteiger partial charge is 0.331 e. The number of rotatable bonds is 4. The van der Waals surface area contributed by atoms with Crippen molar-refractivity contribution in [3.63, 3.8) is 0 Å². The van der Waals surface area contributed by atoms with Gasteiger partial charge < -0.3 is 4.57 Å². The lowest BCUT2D eigenvalue weighted by molar-refractivity contribution is 0.531. The summed E-state index contributed by atoms with van der Waals surface area (Å²) in [4.78, 5) is 4.71. The lowest BCUT2D eigenvalue weighted by Gasteiger charge is -2.15. The topological polar surface area (TPSA) is 55.9 Å². The van der Waals surface area contributed by atoms with Crippen molar-refractivity contribution in [3.05, 3.63) is 52.0 Å². The van der Waals surface area contributed by atoms with Gasteiger partial charge in [-0.1, -0.05) is 12.1 Å². The molecule has 0 aliphatic heterocycles. The van der Waals surface area contributed by atoms with Crippen LogP contribution in [-0.2, 0) is 13.5 Å². The Morgan fingerprint density at radius 3 is 2.80 bits per heavy atom. The van der Waals surface area contributed by atoms with Gasteiger partial charge in [0.2, 0.25) is 0 Å². The molecule has 4 nitrogen and oxygen atoms in total. The Bertz CT molecular complexity index is 728. The van der Waals surface area contributed by atoms with Gasteiger partial charge in [0.05, 0.1) is 17.1 Å². The SMILES string of the molecule is Cc1cscc1C(Cc1nc2ccccc2n1C)NN. The molecule has 1 aromatic carbocycles. The number of aromatic nitrogens is 2. The number of thiophene rings is 1. The average Bonchev–Trinajstić information content (AvgIpc) is 3.01. The van der Waals surface area contributed by atoms with Gasteiger partial charge in [0, 0.05) is 13.5 Å². The van der Waals surface area contributed by atoms with Crippen LogP contribution in [0.1, 0.15) is 23.0 Å². The molecule has 3 rings (SSSR count). The molecule has 1 unspecified atom stereocenters. The molecule has 0 fully saturated rings. The highest BCUT2D eigenvalue weighted by molar-refractivity contribution is 7.08. The fourth-order valence-electron chi connectivity index (χ4n) is 2.55. The number of hydrogen-bond acceptors (Lipinski definition) is 4. The smallest absolute Gasteiger partial charge is 0.111 e. The van der Waals surface area contributed by atoms with Gasteiger partial charge in [0.1, 0.15) is 5.82 Å². The Labute approximate surface area is 122 Å². The molecule has 104 valence electrons. The van der Waals surface area contributed by atoms with E-state index in [0.717, 1.165) is 23.3 Å². The third-order valence-electron chi connectivity index (χ3n) is 3.74. The van der Waals surface area contributed by atoms with Gasteiger partial charge in [-0.15, -0.1) is 0 Å². The fraction of sp³-hybridized carbons (Fsp3) is 0.267. The van der Waals surface area contributed by atoms with Crippen LogP contribution in [0.2, 0.25) is 0 Å². The molecular formula is C15H18N4S. The first-order chi connectivity index (χ1) is 9.70. The van der Waals surface area contributed by atoms with E-state index in [2.05, 4.69) is 40.8 Å². The summed E-state index contributed by atoms with van der Waals surface area (Å²) in [6.45, 7) is 2.12. The highest BCUT2D eigenvalue weighted by Crippen LogP contribution is 2.25. The molecule has 0 bridgehead atoms. The number of nitrogens with zero attached hydrogens (tertiary/aromatic N) is 2. The maximum absolute atomic E-state index is 5.74. The van der Waals surface area contributed by atoms with Gasteiger partial charge in [-0.2, -0.15) is 11.3 Å². The maximum atomic E-state index is 5.74. The third-order valence-corrected chi connectivity index (χ3v) is 4.62. The second kappa shape index (κ2) is 5.36. The van der Waals surface area contributed by atoms with Crippen LogP contribution in [0.3, 0.4) is 0 Å². The first-order valence-electron chi connectivity index (χ1n) is 6.60. The van der Waals surface area contributed by atoms with Gasteiger partial charge in [-0.3, -0.25) is 11.3 Å². The minimum atomic E-state index is 0.0942. The van der Waals surface area contributed by atoms with Crippen LogP contribution in [-0.4, -0.2) is 9.55 Å². The molecule has 0 saturated heterocycles. The van der Waals surface area contributed by atoms with Gasteiger partial charge in [0.15, 0.2) is 0 Å². The van der Waals surface area contributed by atoms with Crippen LogP contribution in [0.15, 0.2) is 35.0 Å². The summed E-state index contributed by atoms with van der Waals surface area (Å²) in [6.07, 6.45) is 0.777. The van der Waals surface area contributed by atoms with Crippen molar-refractivity contribution in [1.82, 2.24) is 15.0 Å². The predicted molar refractivity (Wildman–Crippen MR) is 83.5 cm³/mol. The van der Waals surface area contributed by atoms with Crippen LogP contribution in [0.4, 0.5) is 0 Å². The Morgan fingerprint density at radius 1 is 1.35 bits per heavy atom. The minimum Gasteiger partial charge on any atom is -0.331 e. The monoisotopic (exact) mass is 286 g/mol. The molecule has 1 atom stereocenters. The summed E-state index contributed by atoms with van der Waals surface area (Å²) in [5, 5.41) is 4.30. The van der Waals surface area contributed by atoms with Crippen LogP contribution >= 0.6 is 11.3 Å². The molecule has 0 spiro atoms. The molecular weight excluding hydrogens is 268 g/mol. The van der Waals surface area contributed by atoms with Crippen molar-refractivity contribution in [2.45, 2.75) is 19.4 Å². The van der Waals surface area contributed by atoms with Gasteiger partial charge in [-0.05, 0) is 40.9 Å². The Morgan fingerprint density at radius 2 is 2.15 bits per heavy atom. The molecule has 20 heavy (non-hydrogen) atoms. The number of nitrogens with two attached hydrogens (primary N) is 1. The number of hydrogen-bond donors (Lipinski definition) is 2. The zero-order valence-electron chi connectivity index (χ0n) is 11.6. The van der Waals surface area contributed by atoms with E-state index in [-0.39, 0.29) is 6.04 Å². The van der Waals surface area contributed by atoms with E-state index in [4.69, 9.17) is 10.8 Å². The summed E-state index contributed by atoms with van der Waals surface area (Å²) in [5.74, 6) is 6.78. The average molecular weight is 286 g/mol. The van der Waals surface area contributed by atoms with Crippen molar-refractivity contribution in [3.8, 4) is 0 Å². The van der Waals surface area contributed by atoms with E-state index >= 15 is 0 Å². The minimum absolute atomic E-state index is 0.0942. The van der Waals surface area contributed by atoms with Gasteiger partial charge in [0.25, 0.3) is 0 Å². The number of aryl methyl sites for hydroxylation is 2. The second-order valence-electron chi connectivity index (χ2n) is 5.01. The summed E-state index contributed by atoms with van der Waals surface area (Å²) in [6, 6.07) is 8.28. The van der Waals surface area contributed by atoms with Crippen molar-refractivity contribution in [1.29, 1.82) is 0 Å². The number of para-hydroxylation sites is 2. The summed E-state index contributed by atoms with van der Waals surface area (Å²) < 4.78 is 2.14. The van der Waals surface area contributed by atoms with E-state index in [1.165, 1.54) is 11.1 Å². The van der Waals surface area contributed by atoms with E-state index in [9.17, 15) is 0 Å². The fourth-order valence-corrected chi connectivity index (χ4v) is 3.45. The first kappa shape index (κ1) is 13.3. The quantitative estimate of drug-likeness (QED) is 0.573. The lowest BCUT2D eigenvalue weighted by atomic mass is 10.0. The number of imidazole rings is 1. The molecule has 0 amide bonds. The van der Waals surface area contributed by atoms with E-state index in [1.54, 1.807) is 11.3 Å². The first-order valence-corrected chi connectivity index (χ1v) is 7.54. The normalized spacial score (nSPS) is 12.9. The second-order valence-corrected chi connectivity index (χ2v) is 5.75. The Kier molecular flexibility index (Phi) is 3.56. The van der Waals surface area contributed by atoms with Gasteiger partial charge in [-0.25, -0.2) is 4.98 Å². The molecule has 0 radical (unpaired) electrons. The number of nitrogens with one attached hydrogen (secondary N) is 1. The maximum Gasteiger partial charge on any atom is 0.111 e. The summed E-state index contributed by atoms with van der Waals surface area (Å²) in [5.41, 5.74) is 7.63. The van der Waals surface area contributed by atoms with Crippen molar-refractivity contribution in [2.24, 2.45) is 12.9 Å². The van der Waals surface area contributed by atoms with Crippen LogP contribution in [0, 0.1) is 6.92 Å². The number of fused-ring (bicyclic) bond motifs is 1.